The van der Waals surface area contributed by atoms with Crippen molar-refractivity contribution in [3.63, 3.8) is 0 Å². The largest absolute Gasteiger partial charge is 0.380 e. The maximum atomic E-state index is 11.8. The quantitative estimate of drug-likeness (QED) is 0.712. The minimum atomic E-state index is 0. The standard InChI is InChI=1S/C10H17NO2.ClH/c1-2-13-7-9-10(12)8-3-5-11(9)6-4-8;/h8-9H,2-7H2,1H3;1H. The van der Waals surface area contributed by atoms with Gasteiger partial charge in [-0.25, -0.2) is 0 Å². The molecule has 1 atom stereocenters. The van der Waals surface area contributed by atoms with E-state index in [0.29, 0.717) is 24.9 Å². The first-order chi connectivity index (χ1) is 6.33. The summed E-state index contributed by atoms with van der Waals surface area (Å²) in [7, 11) is 0. The Labute approximate surface area is 91.2 Å². The molecule has 0 aromatic rings. The van der Waals surface area contributed by atoms with E-state index < -0.39 is 0 Å². The molecule has 2 bridgehead atoms. The van der Waals surface area contributed by atoms with Gasteiger partial charge in [-0.05, 0) is 32.9 Å². The van der Waals surface area contributed by atoms with Gasteiger partial charge >= 0.3 is 0 Å². The third-order valence-electron chi connectivity index (χ3n) is 3.18. The first-order valence-corrected chi connectivity index (χ1v) is 5.18. The Bertz CT molecular complexity index is 202. The van der Waals surface area contributed by atoms with Crippen LogP contribution in [0.2, 0.25) is 0 Å². The molecule has 0 saturated carbocycles. The van der Waals surface area contributed by atoms with Crippen LogP contribution in [0, 0.1) is 5.92 Å². The smallest absolute Gasteiger partial charge is 0.155 e. The summed E-state index contributed by atoms with van der Waals surface area (Å²) in [5.41, 5.74) is 0. The summed E-state index contributed by atoms with van der Waals surface area (Å²) in [6, 6.07) is 0.0763. The van der Waals surface area contributed by atoms with E-state index in [9.17, 15) is 4.79 Å². The van der Waals surface area contributed by atoms with Crippen molar-refractivity contribution in [2.45, 2.75) is 25.8 Å². The Morgan fingerprint density at radius 1 is 1.43 bits per heavy atom. The van der Waals surface area contributed by atoms with Gasteiger partial charge in [0.05, 0.1) is 12.6 Å². The van der Waals surface area contributed by atoms with Crippen molar-refractivity contribution in [2.75, 3.05) is 26.3 Å². The van der Waals surface area contributed by atoms with E-state index in [2.05, 4.69) is 4.90 Å². The number of ketones is 1. The number of nitrogens with zero attached hydrogens (tertiary/aromatic N) is 1. The second-order valence-corrected chi connectivity index (χ2v) is 3.89. The van der Waals surface area contributed by atoms with Crippen LogP contribution in [0.25, 0.3) is 0 Å². The van der Waals surface area contributed by atoms with Gasteiger partial charge in [0, 0.05) is 12.5 Å². The molecule has 0 aromatic carbocycles. The summed E-state index contributed by atoms with van der Waals surface area (Å²) in [4.78, 5) is 14.0. The lowest BCUT2D eigenvalue weighted by molar-refractivity contribution is -0.140. The van der Waals surface area contributed by atoms with Gasteiger partial charge in [0.25, 0.3) is 0 Å². The second-order valence-electron chi connectivity index (χ2n) is 3.89. The predicted molar refractivity (Wildman–Crippen MR) is 56.8 cm³/mol. The van der Waals surface area contributed by atoms with E-state index in [1.807, 2.05) is 6.92 Å². The van der Waals surface area contributed by atoms with Crippen LogP contribution in [0.3, 0.4) is 0 Å². The molecule has 0 spiro atoms. The Morgan fingerprint density at radius 3 is 2.57 bits per heavy atom. The number of rotatable bonds is 3. The van der Waals surface area contributed by atoms with E-state index in [4.69, 9.17) is 4.74 Å². The highest BCUT2D eigenvalue weighted by Gasteiger charge is 2.40. The third-order valence-corrected chi connectivity index (χ3v) is 3.18. The lowest BCUT2D eigenvalue weighted by Gasteiger charge is -2.43. The van der Waals surface area contributed by atoms with Crippen LogP contribution in [0.4, 0.5) is 0 Å². The lowest BCUT2D eigenvalue weighted by atomic mass is 9.82. The fourth-order valence-corrected chi connectivity index (χ4v) is 2.36. The predicted octanol–water partition coefficient (Wildman–Crippen LogP) is 1.11. The number of piperidine rings is 3. The van der Waals surface area contributed by atoms with Crippen molar-refractivity contribution in [2.24, 2.45) is 5.92 Å². The van der Waals surface area contributed by atoms with Gasteiger partial charge in [-0.15, -0.1) is 12.4 Å². The molecule has 3 rings (SSSR count). The van der Waals surface area contributed by atoms with Gasteiger partial charge in [0.2, 0.25) is 0 Å². The van der Waals surface area contributed by atoms with Gasteiger partial charge < -0.3 is 4.74 Å². The number of carbonyl (C=O) groups is 1. The number of Topliss-reactive ketones (excluding diaryl/α,β-unsaturated/α-hetero) is 1. The minimum absolute atomic E-state index is 0. The number of fused-ring (bicyclic) bond motifs is 3. The molecule has 1 unspecified atom stereocenters. The topological polar surface area (TPSA) is 29.5 Å². The first-order valence-electron chi connectivity index (χ1n) is 5.18. The van der Waals surface area contributed by atoms with Crippen LogP contribution in [-0.2, 0) is 9.53 Å². The normalized spacial score (nSPS) is 35.5. The molecule has 0 N–H and O–H groups in total. The van der Waals surface area contributed by atoms with E-state index in [1.54, 1.807) is 0 Å². The molecule has 0 aromatic heterocycles. The van der Waals surface area contributed by atoms with Gasteiger partial charge in [-0.3, -0.25) is 9.69 Å². The first kappa shape index (κ1) is 12.0. The van der Waals surface area contributed by atoms with E-state index in [-0.39, 0.29) is 18.4 Å². The Balaban J connectivity index is 0.000000980. The Kier molecular flexibility index (Phi) is 4.35. The van der Waals surface area contributed by atoms with Crippen LogP contribution in [-0.4, -0.2) is 43.0 Å². The number of hydrogen-bond donors (Lipinski definition) is 0. The number of hydrogen-bond acceptors (Lipinski definition) is 3. The van der Waals surface area contributed by atoms with Crippen molar-refractivity contribution < 1.29 is 9.53 Å². The molecule has 3 aliphatic heterocycles. The van der Waals surface area contributed by atoms with Crippen molar-refractivity contribution in [1.82, 2.24) is 4.90 Å². The maximum Gasteiger partial charge on any atom is 0.155 e. The van der Waals surface area contributed by atoms with Crippen LogP contribution < -0.4 is 0 Å². The second kappa shape index (κ2) is 5.10. The highest BCUT2D eigenvalue weighted by atomic mass is 35.5. The van der Waals surface area contributed by atoms with Crippen molar-refractivity contribution in [3.8, 4) is 0 Å². The maximum absolute atomic E-state index is 11.8. The van der Waals surface area contributed by atoms with Crippen LogP contribution in [0.15, 0.2) is 0 Å². The summed E-state index contributed by atoms with van der Waals surface area (Å²) in [5.74, 6) is 0.765. The molecule has 0 amide bonds. The fraction of sp³-hybridized carbons (Fsp3) is 0.900. The minimum Gasteiger partial charge on any atom is -0.380 e. The van der Waals surface area contributed by atoms with Crippen molar-refractivity contribution in [1.29, 1.82) is 0 Å². The van der Waals surface area contributed by atoms with E-state index in [0.717, 1.165) is 25.9 Å². The molecule has 82 valence electrons. The molecule has 14 heavy (non-hydrogen) atoms. The Morgan fingerprint density at radius 2 is 2.07 bits per heavy atom. The SMILES string of the molecule is CCOCC1C(=O)C2CCN1CC2.Cl. The highest BCUT2D eigenvalue weighted by Crippen LogP contribution is 2.28. The zero-order chi connectivity index (χ0) is 9.26. The molecule has 3 heterocycles. The van der Waals surface area contributed by atoms with Crippen molar-refractivity contribution in [3.05, 3.63) is 0 Å². The van der Waals surface area contributed by atoms with Crippen LogP contribution >= 0.6 is 12.4 Å². The molecule has 0 aliphatic carbocycles. The molecular weight excluding hydrogens is 202 g/mol. The third kappa shape index (κ3) is 2.10. The monoisotopic (exact) mass is 219 g/mol. The van der Waals surface area contributed by atoms with Crippen LogP contribution in [0.5, 0.6) is 0 Å². The average molecular weight is 220 g/mol. The van der Waals surface area contributed by atoms with Crippen molar-refractivity contribution >= 4 is 18.2 Å². The Hall–Kier alpha value is -0.120. The summed E-state index contributed by atoms with van der Waals surface area (Å²) in [5, 5.41) is 0. The molecule has 3 saturated heterocycles. The van der Waals surface area contributed by atoms with Gasteiger partial charge in [-0.2, -0.15) is 0 Å². The fourth-order valence-electron chi connectivity index (χ4n) is 2.36. The lowest BCUT2D eigenvalue weighted by Crippen LogP contribution is -2.57. The van der Waals surface area contributed by atoms with Gasteiger partial charge in [0.1, 0.15) is 0 Å². The van der Waals surface area contributed by atoms with Crippen LogP contribution in [0.1, 0.15) is 19.8 Å². The molecule has 3 aliphatic rings. The summed E-state index contributed by atoms with van der Waals surface area (Å²) in [6.07, 6.45) is 2.14. The molecular formula is C10H18ClNO2. The van der Waals surface area contributed by atoms with E-state index >= 15 is 0 Å². The summed E-state index contributed by atoms with van der Waals surface area (Å²) >= 11 is 0. The zero-order valence-electron chi connectivity index (χ0n) is 8.57. The average Bonchev–Trinajstić information content (AvgIpc) is 2.18. The number of ether oxygens (including phenoxy) is 1. The van der Waals surface area contributed by atoms with Gasteiger partial charge in [0.15, 0.2) is 5.78 Å². The summed E-state index contributed by atoms with van der Waals surface area (Å²) < 4.78 is 5.33. The van der Waals surface area contributed by atoms with E-state index in [1.165, 1.54) is 0 Å². The zero-order valence-corrected chi connectivity index (χ0v) is 9.39. The number of carbonyl (C=O) groups excluding carboxylic acids is 1. The molecule has 3 fully saturated rings. The van der Waals surface area contributed by atoms with Gasteiger partial charge in [-0.1, -0.05) is 0 Å². The highest BCUT2D eigenvalue weighted by molar-refractivity contribution is 5.88. The number of halogens is 1. The summed E-state index contributed by atoms with van der Waals surface area (Å²) in [6.45, 7) is 5.47. The molecule has 0 radical (unpaired) electrons. The molecule has 3 nitrogen and oxygen atoms in total. The molecule has 4 heteroatoms.